The Morgan fingerprint density at radius 3 is 1.22 bits per heavy atom. The van der Waals surface area contributed by atoms with E-state index in [-0.39, 0.29) is 0 Å². The van der Waals surface area contributed by atoms with Gasteiger partial charge in [-0.2, -0.15) is 78.3 Å². The van der Waals surface area contributed by atoms with Gasteiger partial charge in [0.25, 0.3) is 0 Å². The molecule has 194 valence electrons. The van der Waals surface area contributed by atoms with Gasteiger partial charge in [0, 0.05) is 0 Å². The lowest BCUT2D eigenvalue weighted by atomic mass is 10.3. The minimum absolute atomic E-state index is 0.582. The van der Waals surface area contributed by atoms with Crippen LogP contribution >= 0.6 is 0 Å². The molecule has 0 spiro atoms. The van der Waals surface area contributed by atoms with E-state index >= 15 is 0 Å². The molecule has 0 fully saturated rings. The first-order chi connectivity index (χ1) is 13.6. The molecule has 0 heterocycles. The van der Waals surface area contributed by atoms with Crippen LogP contribution in [0.2, 0.25) is 0 Å². The van der Waals surface area contributed by atoms with Crippen molar-refractivity contribution in [2.24, 2.45) is 0 Å². The molecule has 0 aromatic carbocycles. The van der Waals surface area contributed by atoms with Crippen molar-refractivity contribution in [2.75, 3.05) is 6.61 Å². The summed E-state index contributed by atoms with van der Waals surface area (Å²) in [5.41, 5.74) is 0. The van der Waals surface area contributed by atoms with E-state index in [0.29, 0.717) is 6.92 Å². The molecule has 0 aliphatic carbocycles. The lowest BCUT2D eigenvalue weighted by Gasteiger charge is -2.29. The molecule has 0 rings (SSSR count). The summed E-state index contributed by atoms with van der Waals surface area (Å²) in [6, 6.07) is 0. The van der Waals surface area contributed by atoms with Gasteiger partial charge < -0.3 is 0 Å². The molecule has 1 unspecified atom stereocenters. The highest BCUT2D eigenvalue weighted by atomic mass is 32.2. The number of alkyl halides is 14. The van der Waals surface area contributed by atoms with Crippen molar-refractivity contribution in [3.05, 3.63) is 0 Å². The second-order valence-electron chi connectivity index (χ2n) is 5.50. The molecule has 0 saturated carbocycles. The zero-order chi connectivity index (χ0) is 26.4. The first-order valence-electron chi connectivity index (χ1n) is 7.10. The Labute approximate surface area is 168 Å². The van der Waals surface area contributed by atoms with E-state index in [1.807, 2.05) is 0 Å². The maximum absolute atomic E-state index is 13.2. The highest BCUT2D eigenvalue weighted by Crippen LogP contribution is 2.51. The van der Waals surface area contributed by atoms with E-state index in [2.05, 4.69) is 8.37 Å². The number of hydrogen-bond acceptors (Lipinski definition) is 6. The molecule has 22 heteroatoms. The Hall–Kier alpha value is -1.16. The normalized spacial score (nSPS) is 16.8. The summed E-state index contributed by atoms with van der Waals surface area (Å²) in [4.78, 5) is 0. The van der Waals surface area contributed by atoms with E-state index in [9.17, 15) is 78.3 Å². The Morgan fingerprint density at radius 1 is 0.625 bits per heavy atom. The summed E-state index contributed by atoms with van der Waals surface area (Å²) in [5.74, 6) is -14.6. The van der Waals surface area contributed by atoms with Crippen LogP contribution < -0.4 is 0 Å². The largest absolute Gasteiger partial charge is 0.461 e. The fourth-order valence-electron chi connectivity index (χ4n) is 1.34. The topological polar surface area (TPSA) is 86.7 Å². The quantitative estimate of drug-likeness (QED) is 0.300. The molecule has 0 aromatic heterocycles. The van der Waals surface area contributed by atoms with Gasteiger partial charge in [-0.05, 0) is 6.42 Å². The third-order valence-electron chi connectivity index (χ3n) is 3.20. The molecule has 0 N–H and O–H groups in total. The smallest absolute Gasteiger partial charge is 0.263 e. The molecular formula is C10H8F14O6S2. The second-order valence-corrected chi connectivity index (χ2v) is 8.77. The molecule has 0 aliphatic heterocycles. The van der Waals surface area contributed by atoms with Crippen LogP contribution in [0.1, 0.15) is 13.3 Å². The van der Waals surface area contributed by atoms with Crippen molar-refractivity contribution >= 4 is 20.2 Å². The van der Waals surface area contributed by atoms with Crippen molar-refractivity contribution in [1.29, 1.82) is 0 Å². The summed E-state index contributed by atoms with van der Waals surface area (Å²) < 4.78 is 226. The van der Waals surface area contributed by atoms with Crippen molar-refractivity contribution in [3.63, 3.8) is 0 Å². The van der Waals surface area contributed by atoms with Crippen LogP contribution in [0.15, 0.2) is 0 Å². The van der Waals surface area contributed by atoms with Crippen LogP contribution in [0.5, 0.6) is 0 Å². The zero-order valence-corrected chi connectivity index (χ0v) is 16.2. The molecule has 0 aliphatic rings. The monoisotopic (exact) mass is 554 g/mol. The summed E-state index contributed by atoms with van der Waals surface area (Å²) in [6.45, 7) is -1.81. The summed E-state index contributed by atoms with van der Waals surface area (Å²) >= 11 is 0. The lowest BCUT2D eigenvalue weighted by molar-refractivity contribution is -0.333. The molecule has 0 aromatic rings. The summed E-state index contributed by atoms with van der Waals surface area (Å²) in [5, 5.41) is -14.2. The average Bonchev–Trinajstić information content (AvgIpc) is 2.55. The first-order valence-corrected chi connectivity index (χ1v) is 9.92. The van der Waals surface area contributed by atoms with Crippen LogP contribution in [0, 0.1) is 0 Å². The van der Waals surface area contributed by atoms with Gasteiger partial charge in [-0.3, -0.25) is 8.37 Å². The van der Waals surface area contributed by atoms with Gasteiger partial charge in [0.1, 0.15) is 6.10 Å². The minimum atomic E-state index is -7.36. The van der Waals surface area contributed by atoms with Crippen LogP contribution in [0.25, 0.3) is 0 Å². The van der Waals surface area contributed by atoms with E-state index < -0.39 is 74.1 Å². The van der Waals surface area contributed by atoms with Gasteiger partial charge in [-0.25, -0.2) is 0 Å². The Morgan fingerprint density at radius 2 is 0.938 bits per heavy atom. The van der Waals surface area contributed by atoms with Crippen LogP contribution in [-0.2, 0) is 28.6 Å². The molecule has 0 amide bonds. The van der Waals surface area contributed by atoms with Crippen molar-refractivity contribution in [1.82, 2.24) is 0 Å². The van der Waals surface area contributed by atoms with Crippen molar-refractivity contribution < 1.29 is 86.7 Å². The number of hydrogen-bond donors (Lipinski definition) is 0. The van der Waals surface area contributed by atoms with Crippen LogP contribution in [0.4, 0.5) is 61.5 Å². The highest BCUT2D eigenvalue weighted by molar-refractivity contribution is 7.88. The number of halogens is 14. The van der Waals surface area contributed by atoms with Gasteiger partial charge in [0.2, 0.25) is 0 Å². The fourth-order valence-corrected chi connectivity index (χ4v) is 3.35. The van der Waals surface area contributed by atoms with Crippen molar-refractivity contribution in [3.8, 4) is 0 Å². The first kappa shape index (κ1) is 30.8. The molecule has 0 bridgehead atoms. The van der Waals surface area contributed by atoms with E-state index in [1.165, 1.54) is 0 Å². The lowest BCUT2D eigenvalue weighted by Crippen LogP contribution is -2.57. The van der Waals surface area contributed by atoms with E-state index in [1.54, 1.807) is 0 Å². The minimum Gasteiger partial charge on any atom is -0.263 e. The Bertz CT molecular complexity index is 873. The number of rotatable bonds is 10. The van der Waals surface area contributed by atoms with Crippen LogP contribution in [0.3, 0.4) is 0 Å². The average molecular weight is 554 g/mol. The Balaban J connectivity index is 5.83. The summed E-state index contributed by atoms with van der Waals surface area (Å²) in [7, 11) is -14.7. The molecule has 6 nitrogen and oxygen atoms in total. The fraction of sp³-hybridized carbons (Fsp3) is 1.00. The standard InChI is InChI=1S/C10H8F14O6S2/c1-2-4(30-32(27,28)10(23,24)6(13,14)8(18,19)20)3-29-31(25,26)9(21,22)5(11,12)7(15,16)17/h4H,2-3H2,1H3. The maximum atomic E-state index is 13.2. The van der Waals surface area contributed by atoms with Gasteiger partial charge in [-0.15, -0.1) is 0 Å². The highest BCUT2D eigenvalue weighted by Gasteiger charge is 2.80. The predicted molar refractivity (Wildman–Crippen MR) is 70.9 cm³/mol. The van der Waals surface area contributed by atoms with Crippen LogP contribution in [-0.4, -0.2) is 64.3 Å². The van der Waals surface area contributed by atoms with Crippen molar-refractivity contribution in [2.45, 2.75) is 54.2 Å². The second kappa shape index (κ2) is 8.56. The molecule has 0 saturated heterocycles. The molecule has 0 radical (unpaired) electrons. The third-order valence-corrected chi connectivity index (χ3v) is 5.94. The SMILES string of the molecule is CCC(COS(=O)(=O)C(F)(F)C(F)(F)C(F)(F)F)OS(=O)(=O)C(F)(F)C(F)(F)C(F)(F)F. The molecule has 32 heavy (non-hydrogen) atoms. The van der Waals surface area contributed by atoms with E-state index in [0.717, 1.165) is 0 Å². The third kappa shape index (κ3) is 5.16. The van der Waals surface area contributed by atoms with E-state index in [4.69, 9.17) is 0 Å². The zero-order valence-electron chi connectivity index (χ0n) is 14.5. The maximum Gasteiger partial charge on any atom is 0.461 e. The molecule has 1 atom stereocenters. The summed E-state index contributed by atoms with van der Waals surface area (Å²) in [6.07, 6.45) is -18.5. The van der Waals surface area contributed by atoms with Gasteiger partial charge in [-0.1, -0.05) is 6.92 Å². The predicted octanol–water partition coefficient (Wildman–Crippen LogP) is 4.04. The Kier molecular flexibility index (Phi) is 8.25. The van der Waals surface area contributed by atoms with Gasteiger partial charge >= 0.3 is 54.9 Å². The van der Waals surface area contributed by atoms with Gasteiger partial charge in [0.15, 0.2) is 0 Å². The van der Waals surface area contributed by atoms with Gasteiger partial charge in [0.05, 0.1) is 6.61 Å². The molecular weight excluding hydrogens is 546 g/mol.